The maximum absolute atomic E-state index is 13.5. The summed E-state index contributed by atoms with van der Waals surface area (Å²) < 4.78 is 14.2. The highest BCUT2D eigenvalue weighted by atomic mass is 79.9. The van der Waals surface area contributed by atoms with E-state index in [9.17, 15) is 9.18 Å². The Morgan fingerprint density at radius 3 is 3.00 bits per heavy atom. The van der Waals surface area contributed by atoms with Crippen molar-refractivity contribution in [3.8, 4) is 0 Å². The first-order chi connectivity index (χ1) is 9.65. The van der Waals surface area contributed by atoms with Crippen LogP contribution in [-0.4, -0.2) is 10.9 Å². The van der Waals surface area contributed by atoms with Gasteiger partial charge in [0.2, 0.25) is 5.91 Å². The van der Waals surface area contributed by atoms with Crippen LogP contribution in [0.15, 0.2) is 53.3 Å². The van der Waals surface area contributed by atoms with Crippen molar-refractivity contribution in [1.82, 2.24) is 10.3 Å². The van der Waals surface area contributed by atoms with Crippen LogP contribution in [0, 0.1) is 5.82 Å². The van der Waals surface area contributed by atoms with Crippen LogP contribution in [0.3, 0.4) is 0 Å². The minimum absolute atomic E-state index is 0.140. The molecule has 0 saturated carbocycles. The average molecular weight is 335 g/mol. The number of nitrogens with zero attached hydrogens (tertiary/aromatic N) is 1. The van der Waals surface area contributed by atoms with E-state index in [1.807, 2.05) is 6.07 Å². The second-order valence-electron chi connectivity index (χ2n) is 4.07. The SMILES string of the molecule is O=C(/C=C/c1cccnc1)NCc1cc(Br)ccc1F. The summed E-state index contributed by atoms with van der Waals surface area (Å²) in [6.45, 7) is 0.140. The van der Waals surface area contributed by atoms with Crippen LogP contribution in [0.5, 0.6) is 0 Å². The van der Waals surface area contributed by atoms with E-state index >= 15 is 0 Å². The molecule has 0 aliphatic rings. The number of benzene rings is 1. The summed E-state index contributed by atoms with van der Waals surface area (Å²) in [7, 11) is 0. The molecule has 2 aromatic rings. The van der Waals surface area contributed by atoms with Gasteiger partial charge in [-0.05, 0) is 35.9 Å². The van der Waals surface area contributed by atoms with Crippen LogP contribution in [0.25, 0.3) is 6.08 Å². The normalized spacial score (nSPS) is 10.7. The van der Waals surface area contributed by atoms with Gasteiger partial charge in [-0.3, -0.25) is 9.78 Å². The first-order valence-corrected chi connectivity index (χ1v) is 6.74. The fraction of sp³-hybridized carbons (Fsp3) is 0.0667. The lowest BCUT2D eigenvalue weighted by atomic mass is 10.2. The number of hydrogen-bond donors (Lipinski definition) is 1. The summed E-state index contributed by atoms with van der Waals surface area (Å²) in [5.41, 5.74) is 1.26. The van der Waals surface area contributed by atoms with Crippen molar-refractivity contribution in [2.24, 2.45) is 0 Å². The molecule has 0 radical (unpaired) electrons. The Hall–Kier alpha value is -2.01. The molecule has 0 atom stereocenters. The smallest absolute Gasteiger partial charge is 0.244 e. The van der Waals surface area contributed by atoms with Gasteiger partial charge in [-0.2, -0.15) is 0 Å². The van der Waals surface area contributed by atoms with Gasteiger partial charge in [0.15, 0.2) is 0 Å². The van der Waals surface area contributed by atoms with E-state index in [0.29, 0.717) is 5.56 Å². The Morgan fingerprint density at radius 1 is 1.40 bits per heavy atom. The Bertz CT molecular complexity index is 629. The molecule has 102 valence electrons. The van der Waals surface area contributed by atoms with Gasteiger partial charge < -0.3 is 5.32 Å². The zero-order valence-corrected chi connectivity index (χ0v) is 12.1. The molecule has 20 heavy (non-hydrogen) atoms. The van der Waals surface area contributed by atoms with E-state index < -0.39 is 0 Å². The molecule has 1 aromatic heterocycles. The lowest BCUT2D eigenvalue weighted by Gasteiger charge is -2.04. The Morgan fingerprint density at radius 2 is 2.25 bits per heavy atom. The van der Waals surface area contributed by atoms with Gasteiger partial charge in [-0.1, -0.05) is 22.0 Å². The number of carbonyl (C=O) groups excluding carboxylic acids is 1. The molecule has 0 saturated heterocycles. The highest BCUT2D eigenvalue weighted by Crippen LogP contribution is 2.15. The Labute approximate surface area is 124 Å². The standard InChI is InChI=1S/C15H12BrFN2O/c16-13-4-5-14(17)12(8-13)10-19-15(20)6-3-11-2-1-7-18-9-11/h1-9H,10H2,(H,19,20)/b6-3+. The number of aromatic nitrogens is 1. The van der Waals surface area contributed by atoms with Crippen LogP contribution in [0.1, 0.15) is 11.1 Å². The van der Waals surface area contributed by atoms with E-state index in [2.05, 4.69) is 26.2 Å². The van der Waals surface area contributed by atoms with Crippen molar-refractivity contribution >= 4 is 27.9 Å². The Kier molecular flexibility index (Phi) is 5.01. The highest BCUT2D eigenvalue weighted by Gasteiger charge is 2.03. The number of hydrogen-bond acceptors (Lipinski definition) is 2. The summed E-state index contributed by atoms with van der Waals surface area (Å²) in [6, 6.07) is 8.24. The minimum atomic E-state index is -0.343. The van der Waals surface area contributed by atoms with Crippen molar-refractivity contribution in [3.63, 3.8) is 0 Å². The van der Waals surface area contributed by atoms with E-state index in [0.717, 1.165) is 10.0 Å². The molecule has 0 bridgehead atoms. The molecule has 3 nitrogen and oxygen atoms in total. The lowest BCUT2D eigenvalue weighted by molar-refractivity contribution is -0.116. The molecule has 0 unspecified atom stereocenters. The molecule has 0 aliphatic heterocycles. The van der Waals surface area contributed by atoms with Crippen LogP contribution in [0.2, 0.25) is 0 Å². The molecule has 2 rings (SSSR count). The minimum Gasteiger partial charge on any atom is -0.348 e. The van der Waals surface area contributed by atoms with E-state index in [1.54, 1.807) is 36.7 Å². The van der Waals surface area contributed by atoms with Crippen molar-refractivity contribution in [1.29, 1.82) is 0 Å². The molecule has 1 amide bonds. The fourth-order valence-corrected chi connectivity index (χ4v) is 1.98. The molecule has 0 fully saturated rings. The van der Waals surface area contributed by atoms with Crippen molar-refractivity contribution in [2.45, 2.75) is 6.54 Å². The summed E-state index contributed by atoms with van der Waals surface area (Å²) >= 11 is 3.26. The maximum Gasteiger partial charge on any atom is 0.244 e. The molecule has 0 spiro atoms. The number of carbonyl (C=O) groups is 1. The molecular formula is C15H12BrFN2O. The maximum atomic E-state index is 13.5. The van der Waals surface area contributed by atoms with Gasteiger partial charge in [-0.15, -0.1) is 0 Å². The molecule has 0 aliphatic carbocycles. The first kappa shape index (κ1) is 14.4. The van der Waals surface area contributed by atoms with E-state index in [-0.39, 0.29) is 18.3 Å². The number of halogens is 2. The third-order valence-electron chi connectivity index (χ3n) is 2.57. The Balaban J connectivity index is 1.92. The summed E-state index contributed by atoms with van der Waals surface area (Å²) in [5, 5.41) is 2.63. The van der Waals surface area contributed by atoms with Crippen molar-refractivity contribution in [3.05, 3.63) is 70.2 Å². The van der Waals surface area contributed by atoms with Crippen LogP contribution < -0.4 is 5.32 Å². The third kappa shape index (κ3) is 4.28. The molecule has 5 heteroatoms. The van der Waals surface area contributed by atoms with E-state index in [4.69, 9.17) is 0 Å². The lowest BCUT2D eigenvalue weighted by Crippen LogP contribution is -2.20. The monoisotopic (exact) mass is 334 g/mol. The zero-order valence-electron chi connectivity index (χ0n) is 10.5. The topological polar surface area (TPSA) is 42.0 Å². The zero-order chi connectivity index (χ0) is 14.4. The van der Waals surface area contributed by atoms with Crippen molar-refractivity contribution in [2.75, 3.05) is 0 Å². The fourth-order valence-electron chi connectivity index (χ4n) is 1.57. The number of nitrogens with one attached hydrogen (secondary N) is 1. The van der Waals surface area contributed by atoms with Crippen LogP contribution in [-0.2, 0) is 11.3 Å². The van der Waals surface area contributed by atoms with E-state index in [1.165, 1.54) is 12.1 Å². The van der Waals surface area contributed by atoms with Gasteiger partial charge >= 0.3 is 0 Å². The van der Waals surface area contributed by atoms with Crippen LogP contribution in [0.4, 0.5) is 4.39 Å². The van der Waals surface area contributed by atoms with Gasteiger partial charge in [-0.25, -0.2) is 4.39 Å². The summed E-state index contributed by atoms with van der Waals surface area (Å²) in [6.07, 6.45) is 6.36. The predicted molar refractivity (Wildman–Crippen MR) is 79.2 cm³/mol. The second-order valence-corrected chi connectivity index (χ2v) is 4.99. The van der Waals surface area contributed by atoms with Crippen molar-refractivity contribution < 1.29 is 9.18 Å². The highest BCUT2D eigenvalue weighted by molar-refractivity contribution is 9.10. The van der Waals surface area contributed by atoms with Crippen LogP contribution >= 0.6 is 15.9 Å². The molecule has 1 heterocycles. The van der Waals surface area contributed by atoms with Gasteiger partial charge in [0.25, 0.3) is 0 Å². The largest absolute Gasteiger partial charge is 0.348 e. The molecule has 1 N–H and O–H groups in total. The second kappa shape index (κ2) is 6.96. The average Bonchev–Trinajstić information content (AvgIpc) is 2.47. The molecule has 1 aromatic carbocycles. The number of rotatable bonds is 4. The number of pyridine rings is 1. The first-order valence-electron chi connectivity index (χ1n) is 5.95. The van der Waals surface area contributed by atoms with Gasteiger partial charge in [0.05, 0.1) is 0 Å². The summed E-state index contributed by atoms with van der Waals surface area (Å²) in [5.74, 6) is -0.627. The third-order valence-corrected chi connectivity index (χ3v) is 3.07. The molecular weight excluding hydrogens is 323 g/mol. The summed E-state index contributed by atoms with van der Waals surface area (Å²) in [4.78, 5) is 15.6. The predicted octanol–water partition coefficient (Wildman–Crippen LogP) is 3.31. The van der Waals surface area contributed by atoms with Gasteiger partial charge in [0, 0.05) is 35.1 Å². The van der Waals surface area contributed by atoms with Gasteiger partial charge in [0.1, 0.15) is 5.82 Å². The quantitative estimate of drug-likeness (QED) is 0.871. The number of amides is 1.